The molecule has 150 valence electrons. The van der Waals surface area contributed by atoms with Gasteiger partial charge in [-0.3, -0.25) is 4.79 Å². The molecule has 28 heavy (non-hydrogen) atoms. The molecule has 0 spiro atoms. The number of carbonyl (C=O) groups is 1. The number of halogens is 2. The Labute approximate surface area is 163 Å². The van der Waals surface area contributed by atoms with Crippen LogP contribution in [0.3, 0.4) is 0 Å². The molecule has 2 heterocycles. The molecule has 6 nitrogen and oxygen atoms in total. The van der Waals surface area contributed by atoms with Crippen molar-refractivity contribution in [3.05, 3.63) is 42.1 Å². The van der Waals surface area contributed by atoms with E-state index in [2.05, 4.69) is 34.5 Å². The SMILES string of the molecule is CCN(CC)c1ccc(NC(=O)c2cnn3c2NC(C)(C)C=C3C(F)F)cc1. The minimum Gasteiger partial charge on any atom is -0.372 e. The van der Waals surface area contributed by atoms with Crippen LogP contribution in [0.25, 0.3) is 5.70 Å². The Morgan fingerprint density at radius 3 is 2.46 bits per heavy atom. The first-order chi connectivity index (χ1) is 13.3. The van der Waals surface area contributed by atoms with Crippen LogP contribution in [0, 0.1) is 0 Å². The minimum absolute atomic E-state index is 0.215. The van der Waals surface area contributed by atoms with Gasteiger partial charge in [-0.1, -0.05) is 0 Å². The number of rotatable bonds is 6. The summed E-state index contributed by atoms with van der Waals surface area (Å²) >= 11 is 0. The Kier molecular flexibility index (Phi) is 5.40. The van der Waals surface area contributed by atoms with Crippen molar-refractivity contribution in [1.82, 2.24) is 9.78 Å². The Bertz CT molecular complexity index is 883. The number of benzene rings is 1. The lowest BCUT2D eigenvalue weighted by atomic mass is 10.0. The number of alkyl halides is 2. The number of hydrogen-bond acceptors (Lipinski definition) is 4. The number of hydrogen-bond donors (Lipinski definition) is 2. The largest absolute Gasteiger partial charge is 0.372 e. The smallest absolute Gasteiger partial charge is 0.280 e. The van der Waals surface area contributed by atoms with Crippen LogP contribution < -0.4 is 15.5 Å². The number of amides is 1. The standard InChI is InChI=1S/C20H25F2N5O/c1-5-26(6-2)14-9-7-13(8-10-14)24-19(28)15-12-23-27-16(17(21)22)11-20(3,4)25-18(15)27/h7-12,17,25H,5-6H2,1-4H3,(H,24,28). The first-order valence-electron chi connectivity index (χ1n) is 9.29. The second kappa shape index (κ2) is 7.61. The highest BCUT2D eigenvalue weighted by atomic mass is 19.3. The van der Waals surface area contributed by atoms with Crippen molar-refractivity contribution in [2.45, 2.75) is 39.7 Å². The van der Waals surface area contributed by atoms with Gasteiger partial charge in [0, 0.05) is 24.5 Å². The number of nitrogens with zero attached hydrogens (tertiary/aromatic N) is 3. The van der Waals surface area contributed by atoms with Gasteiger partial charge in [0.15, 0.2) is 0 Å². The lowest BCUT2D eigenvalue weighted by molar-refractivity contribution is 0.102. The summed E-state index contributed by atoms with van der Waals surface area (Å²) in [7, 11) is 0. The fourth-order valence-electron chi connectivity index (χ4n) is 3.30. The molecule has 1 aromatic carbocycles. The number of anilines is 3. The van der Waals surface area contributed by atoms with Gasteiger partial charge >= 0.3 is 0 Å². The fraction of sp³-hybridized carbons (Fsp3) is 0.400. The first-order valence-corrected chi connectivity index (χ1v) is 9.29. The average Bonchev–Trinajstić information content (AvgIpc) is 3.05. The van der Waals surface area contributed by atoms with Gasteiger partial charge < -0.3 is 15.5 Å². The van der Waals surface area contributed by atoms with Gasteiger partial charge in [-0.2, -0.15) is 5.10 Å². The molecule has 1 amide bonds. The summed E-state index contributed by atoms with van der Waals surface area (Å²) in [5, 5.41) is 9.89. The maximum Gasteiger partial charge on any atom is 0.280 e. The summed E-state index contributed by atoms with van der Waals surface area (Å²) in [5.74, 6) is -0.143. The molecule has 0 unspecified atom stereocenters. The second-order valence-corrected chi connectivity index (χ2v) is 7.21. The molecule has 0 aliphatic carbocycles. The second-order valence-electron chi connectivity index (χ2n) is 7.21. The van der Waals surface area contributed by atoms with Crippen molar-refractivity contribution in [2.24, 2.45) is 0 Å². The Hall–Kier alpha value is -2.90. The van der Waals surface area contributed by atoms with Crippen LogP contribution in [0.4, 0.5) is 26.0 Å². The summed E-state index contributed by atoms with van der Waals surface area (Å²) in [6, 6.07) is 7.52. The van der Waals surface area contributed by atoms with Crippen LogP contribution in [0.5, 0.6) is 0 Å². The molecule has 2 aromatic rings. The van der Waals surface area contributed by atoms with E-state index in [9.17, 15) is 13.6 Å². The molecule has 0 radical (unpaired) electrons. The normalized spacial score (nSPS) is 14.9. The third-order valence-corrected chi connectivity index (χ3v) is 4.69. The predicted octanol–water partition coefficient (Wildman–Crippen LogP) is 4.29. The first kappa shape index (κ1) is 19.9. The topological polar surface area (TPSA) is 62.2 Å². The van der Waals surface area contributed by atoms with Crippen LogP contribution >= 0.6 is 0 Å². The Balaban J connectivity index is 1.83. The van der Waals surface area contributed by atoms with Gasteiger partial charge in [0.2, 0.25) is 0 Å². The fourth-order valence-corrected chi connectivity index (χ4v) is 3.30. The number of fused-ring (bicyclic) bond motifs is 1. The molecule has 8 heteroatoms. The zero-order valence-electron chi connectivity index (χ0n) is 16.5. The van der Waals surface area contributed by atoms with Gasteiger partial charge in [-0.05, 0) is 58.0 Å². The molecular formula is C20H25F2N5O. The van der Waals surface area contributed by atoms with Crippen molar-refractivity contribution in [2.75, 3.05) is 28.6 Å². The number of carbonyl (C=O) groups excluding carboxylic acids is 1. The zero-order valence-corrected chi connectivity index (χ0v) is 16.5. The van der Waals surface area contributed by atoms with E-state index < -0.39 is 17.9 Å². The van der Waals surface area contributed by atoms with Crippen molar-refractivity contribution >= 4 is 28.8 Å². The molecule has 0 saturated carbocycles. The lowest BCUT2D eigenvalue weighted by Gasteiger charge is -2.31. The van der Waals surface area contributed by atoms with Crippen LogP contribution in [0.1, 0.15) is 38.1 Å². The van der Waals surface area contributed by atoms with Crippen LogP contribution in [-0.4, -0.2) is 40.7 Å². The van der Waals surface area contributed by atoms with Crippen molar-refractivity contribution in [3.8, 4) is 0 Å². The summed E-state index contributed by atoms with van der Waals surface area (Å²) in [4.78, 5) is 14.9. The molecule has 0 fully saturated rings. The summed E-state index contributed by atoms with van der Waals surface area (Å²) in [6.07, 6.45) is 0.0359. The molecule has 0 saturated heterocycles. The average molecular weight is 389 g/mol. The van der Waals surface area contributed by atoms with E-state index >= 15 is 0 Å². The van der Waals surface area contributed by atoms with Gasteiger partial charge in [0.1, 0.15) is 17.1 Å². The summed E-state index contributed by atoms with van der Waals surface area (Å²) < 4.78 is 27.9. The van der Waals surface area contributed by atoms with Crippen LogP contribution in [0.2, 0.25) is 0 Å². The van der Waals surface area contributed by atoms with E-state index in [1.807, 2.05) is 24.3 Å². The van der Waals surface area contributed by atoms with Gasteiger partial charge in [0.05, 0.1) is 11.7 Å². The van der Waals surface area contributed by atoms with Crippen LogP contribution in [0.15, 0.2) is 36.5 Å². The van der Waals surface area contributed by atoms with E-state index in [-0.39, 0.29) is 17.1 Å². The number of nitrogens with one attached hydrogen (secondary N) is 2. The molecule has 1 aliphatic heterocycles. The predicted molar refractivity (Wildman–Crippen MR) is 108 cm³/mol. The molecule has 1 aromatic heterocycles. The lowest BCUT2D eigenvalue weighted by Crippen LogP contribution is -2.36. The maximum atomic E-state index is 13.4. The maximum absolute atomic E-state index is 13.4. The Morgan fingerprint density at radius 2 is 1.89 bits per heavy atom. The molecule has 1 aliphatic rings. The van der Waals surface area contributed by atoms with Gasteiger partial charge in [0.25, 0.3) is 12.3 Å². The summed E-state index contributed by atoms with van der Waals surface area (Å²) in [5.41, 5.74) is 0.956. The van der Waals surface area contributed by atoms with Gasteiger partial charge in [-0.25, -0.2) is 13.5 Å². The summed E-state index contributed by atoms with van der Waals surface area (Å²) in [6.45, 7) is 9.48. The van der Waals surface area contributed by atoms with Gasteiger partial charge in [-0.15, -0.1) is 0 Å². The van der Waals surface area contributed by atoms with E-state index in [1.165, 1.54) is 12.3 Å². The monoisotopic (exact) mass is 389 g/mol. The molecular weight excluding hydrogens is 364 g/mol. The third-order valence-electron chi connectivity index (χ3n) is 4.69. The minimum atomic E-state index is -2.69. The van der Waals surface area contributed by atoms with E-state index in [4.69, 9.17) is 0 Å². The van der Waals surface area contributed by atoms with Crippen molar-refractivity contribution < 1.29 is 13.6 Å². The van der Waals surface area contributed by atoms with E-state index in [0.29, 0.717) is 5.69 Å². The highest BCUT2D eigenvalue weighted by molar-refractivity contribution is 6.08. The van der Waals surface area contributed by atoms with E-state index in [1.54, 1.807) is 13.8 Å². The number of aromatic nitrogens is 2. The molecule has 3 rings (SSSR count). The van der Waals surface area contributed by atoms with Crippen molar-refractivity contribution in [1.29, 1.82) is 0 Å². The van der Waals surface area contributed by atoms with E-state index in [0.717, 1.165) is 23.5 Å². The van der Waals surface area contributed by atoms with Crippen molar-refractivity contribution in [3.63, 3.8) is 0 Å². The molecule has 0 bridgehead atoms. The highest BCUT2D eigenvalue weighted by Gasteiger charge is 2.32. The van der Waals surface area contributed by atoms with Crippen LogP contribution in [-0.2, 0) is 0 Å². The highest BCUT2D eigenvalue weighted by Crippen LogP contribution is 2.33. The zero-order chi connectivity index (χ0) is 20.5. The quantitative estimate of drug-likeness (QED) is 0.774. The molecule has 2 N–H and O–H groups in total. The molecule has 0 atom stereocenters. The Morgan fingerprint density at radius 1 is 1.25 bits per heavy atom. The number of allylic oxidation sites excluding steroid dienone is 1. The third kappa shape index (κ3) is 3.85.